The highest BCUT2D eigenvalue weighted by molar-refractivity contribution is 5.97. The summed E-state index contributed by atoms with van der Waals surface area (Å²) in [5, 5.41) is 11.0. The van der Waals surface area contributed by atoms with Gasteiger partial charge in [0.2, 0.25) is 5.43 Å². The van der Waals surface area contributed by atoms with Gasteiger partial charge < -0.3 is 10.7 Å². The number of hydrogen-bond donors (Lipinski definition) is 2. The van der Waals surface area contributed by atoms with Crippen LogP contribution in [0.25, 0.3) is 10.9 Å². The maximum absolute atomic E-state index is 12.6. The van der Waals surface area contributed by atoms with Crippen molar-refractivity contribution in [3.05, 3.63) is 49.8 Å². The standard InChI is InChI=1S/C17H21N3O4/c1-2-3-4-5-6-7-14-15(17(18)22)16(21)12-10-11(20(23)24)8-9-13(12)19-14/h8-10H,2-7H2,1H3,(H2,18,22)(H,19,21). The number of nitrogens with zero attached hydrogens (tertiary/aromatic N) is 1. The molecule has 0 atom stereocenters. The SMILES string of the molecule is CCCCCCCc1[nH]c2ccc([N+](=O)[O-])cc2c(=O)c1C(N)=O. The summed E-state index contributed by atoms with van der Waals surface area (Å²) in [6.45, 7) is 2.13. The molecule has 0 aliphatic rings. The molecule has 0 fully saturated rings. The van der Waals surface area contributed by atoms with Crippen molar-refractivity contribution in [2.75, 3.05) is 0 Å². The number of fused-ring (bicyclic) bond motifs is 1. The van der Waals surface area contributed by atoms with E-state index >= 15 is 0 Å². The monoisotopic (exact) mass is 331 g/mol. The van der Waals surface area contributed by atoms with Gasteiger partial charge in [-0.1, -0.05) is 32.6 Å². The number of nitro benzene ring substituents is 1. The number of aryl methyl sites for hydroxylation is 1. The zero-order valence-electron chi connectivity index (χ0n) is 13.6. The van der Waals surface area contributed by atoms with Gasteiger partial charge in [-0.05, 0) is 18.9 Å². The lowest BCUT2D eigenvalue weighted by Gasteiger charge is -2.09. The first-order valence-electron chi connectivity index (χ1n) is 8.08. The molecule has 0 saturated heterocycles. The van der Waals surface area contributed by atoms with E-state index in [0.717, 1.165) is 32.1 Å². The Morgan fingerprint density at radius 2 is 1.96 bits per heavy atom. The molecule has 1 heterocycles. The fraction of sp³-hybridized carbons (Fsp3) is 0.412. The zero-order valence-corrected chi connectivity index (χ0v) is 13.6. The topological polar surface area (TPSA) is 119 Å². The first-order valence-corrected chi connectivity index (χ1v) is 8.08. The van der Waals surface area contributed by atoms with Crippen molar-refractivity contribution >= 4 is 22.5 Å². The van der Waals surface area contributed by atoms with E-state index in [4.69, 9.17) is 5.73 Å². The summed E-state index contributed by atoms with van der Waals surface area (Å²) in [4.78, 5) is 37.6. The summed E-state index contributed by atoms with van der Waals surface area (Å²) < 4.78 is 0. The molecule has 24 heavy (non-hydrogen) atoms. The molecule has 0 unspecified atom stereocenters. The largest absolute Gasteiger partial charge is 0.365 e. The van der Waals surface area contributed by atoms with Gasteiger partial charge in [0.1, 0.15) is 5.56 Å². The van der Waals surface area contributed by atoms with E-state index in [1.807, 2.05) is 0 Å². The lowest BCUT2D eigenvalue weighted by atomic mass is 10.0. The molecular weight excluding hydrogens is 310 g/mol. The minimum Gasteiger partial charge on any atom is -0.365 e. The van der Waals surface area contributed by atoms with Crippen LogP contribution in [0.2, 0.25) is 0 Å². The molecule has 0 spiro atoms. The molecule has 7 nitrogen and oxygen atoms in total. The number of primary amides is 1. The Labute approximate surface area is 139 Å². The molecule has 2 aromatic rings. The second-order valence-electron chi connectivity index (χ2n) is 5.82. The Morgan fingerprint density at radius 1 is 1.25 bits per heavy atom. The first kappa shape index (κ1) is 17.7. The van der Waals surface area contributed by atoms with Gasteiger partial charge in [0.15, 0.2) is 0 Å². The molecule has 0 saturated carbocycles. The van der Waals surface area contributed by atoms with Crippen LogP contribution < -0.4 is 11.2 Å². The molecule has 1 amide bonds. The number of hydrogen-bond acceptors (Lipinski definition) is 4. The number of benzene rings is 1. The molecule has 7 heteroatoms. The average Bonchev–Trinajstić information content (AvgIpc) is 2.54. The van der Waals surface area contributed by atoms with Crippen LogP contribution in [0.1, 0.15) is 55.1 Å². The molecule has 0 aliphatic heterocycles. The molecule has 0 bridgehead atoms. The Bertz CT molecular complexity index is 826. The summed E-state index contributed by atoms with van der Waals surface area (Å²) in [5.41, 5.74) is 5.49. The number of rotatable bonds is 8. The summed E-state index contributed by atoms with van der Waals surface area (Å²) in [6.07, 6.45) is 5.79. The second kappa shape index (κ2) is 7.72. The molecule has 0 radical (unpaired) electrons. The highest BCUT2D eigenvalue weighted by Gasteiger charge is 2.18. The fourth-order valence-electron chi connectivity index (χ4n) is 2.79. The molecule has 128 valence electrons. The number of nitrogens with two attached hydrogens (primary N) is 1. The predicted molar refractivity (Wildman–Crippen MR) is 92.2 cm³/mol. The van der Waals surface area contributed by atoms with Gasteiger partial charge in [-0.25, -0.2) is 0 Å². The maximum Gasteiger partial charge on any atom is 0.270 e. The number of carbonyl (C=O) groups excluding carboxylic acids is 1. The molecular formula is C17H21N3O4. The van der Waals surface area contributed by atoms with Gasteiger partial charge in [0.05, 0.1) is 15.8 Å². The van der Waals surface area contributed by atoms with Crippen LogP contribution in [0.4, 0.5) is 5.69 Å². The van der Waals surface area contributed by atoms with Crippen LogP contribution >= 0.6 is 0 Å². The summed E-state index contributed by atoms with van der Waals surface area (Å²) in [6, 6.07) is 3.99. The van der Waals surface area contributed by atoms with Crippen molar-refractivity contribution in [2.45, 2.75) is 45.4 Å². The van der Waals surface area contributed by atoms with E-state index < -0.39 is 16.3 Å². The predicted octanol–water partition coefficient (Wildman–Crippen LogP) is 3.05. The van der Waals surface area contributed by atoms with E-state index in [-0.39, 0.29) is 16.6 Å². The molecule has 3 N–H and O–H groups in total. The quantitative estimate of drug-likeness (QED) is 0.439. The van der Waals surface area contributed by atoms with Crippen molar-refractivity contribution in [1.29, 1.82) is 0 Å². The number of unbranched alkanes of at least 4 members (excludes halogenated alkanes) is 4. The third-order valence-corrected chi connectivity index (χ3v) is 4.05. The highest BCUT2D eigenvalue weighted by atomic mass is 16.6. The lowest BCUT2D eigenvalue weighted by Crippen LogP contribution is -2.25. The Kier molecular flexibility index (Phi) is 5.68. The fourth-order valence-corrected chi connectivity index (χ4v) is 2.79. The van der Waals surface area contributed by atoms with E-state index in [2.05, 4.69) is 11.9 Å². The Balaban J connectivity index is 2.42. The van der Waals surface area contributed by atoms with Crippen LogP contribution in [0.3, 0.4) is 0 Å². The zero-order chi connectivity index (χ0) is 17.7. The van der Waals surface area contributed by atoms with Crippen molar-refractivity contribution in [2.24, 2.45) is 5.73 Å². The first-order chi connectivity index (χ1) is 11.5. The number of aromatic amines is 1. The van der Waals surface area contributed by atoms with Gasteiger partial charge in [-0.2, -0.15) is 0 Å². The van der Waals surface area contributed by atoms with Crippen LogP contribution in [0.15, 0.2) is 23.0 Å². The van der Waals surface area contributed by atoms with Gasteiger partial charge >= 0.3 is 0 Å². The molecule has 1 aromatic heterocycles. The van der Waals surface area contributed by atoms with E-state index in [1.165, 1.54) is 18.2 Å². The molecule has 2 rings (SSSR count). The number of amides is 1. The van der Waals surface area contributed by atoms with Crippen LogP contribution in [-0.4, -0.2) is 15.8 Å². The normalized spacial score (nSPS) is 10.9. The number of carbonyl (C=O) groups is 1. The van der Waals surface area contributed by atoms with Crippen LogP contribution in [-0.2, 0) is 6.42 Å². The van der Waals surface area contributed by atoms with Crippen molar-refractivity contribution < 1.29 is 9.72 Å². The number of non-ortho nitro benzene ring substituents is 1. The van der Waals surface area contributed by atoms with Gasteiger partial charge in [0.25, 0.3) is 11.6 Å². The average molecular weight is 331 g/mol. The molecule has 1 aromatic carbocycles. The lowest BCUT2D eigenvalue weighted by molar-refractivity contribution is -0.384. The van der Waals surface area contributed by atoms with E-state index in [0.29, 0.717) is 17.6 Å². The minimum absolute atomic E-state index is 0.0986. The second-order valence-corrected chi connectivity index (χ2v) is 5.82. The van der Waals surface area contributed by atoms with E-state index in [1.54, 1.807) is 0 Å². The summed E-state index contributed by atoms with van der Waals surface area (Å²) >= 11 is 0. The minimum atomic E-state index is -0.812. The van der Waals surface area contributed by atoms with Gasteiger partial charge in [0, 0.05) is 17.8 Å². The maximum atomic E-state index is 12.6. The van der Waals surface area contributed by atoms with Gasteiger partial charge in [-0.3, -0.25) is 19.7 Å². The van der Waals surface area contributed by atoms with E-state index in [9.17, 15) is 19.7 Å². The third kappa shape index (κ3) is 3.79. The number of pyridine rings is 1. The smallest absolute Gasteiger partial charge is 0.270 e. The number of nitrogens with one attached hydrogen (secondary N) is 1. The highest BCUT2D eigenvalue weighted by Crippen LogP contribution is 2.19. The van der Waals surface area contributed by atoms with Crippen LogP contribution in [0, 0.1) is 10.1 Å². The van der Waals surface area contributed by atoms with Gasteiger partial charge in [-0.15, -0.1) is 0 Å². The summed E-state index contributed by atoms with van der Waals surface area (Å²) in [5.74, 6) is -0.812. The molecule has 0 aliphatic carbocycles. The Hall–Kier alpha value is -2.70. The summed E-state index contributed by atoms with van der Waals surface area (Å²) in [7, 11) is 0. The van der Waals surface area contributed by atoms with Crippen molar-refractivity contribution in [3.63, 3.8) is 0 Å². The third-order valence-electron chi connectivity index (χ3n) is 4.05. The van der Waals surface area contributed by atoms with Crippen molar-refractivity contribution in [1.82, 2.24) is 4.98 Å². The van der Waals surface area contributed by atoms with Crippen LogP contribution in [0.5, 0.6) is 0 Å². The number of nitro groups is 1. The number of H-pyrrole nitrogens is 1. The Morgan fingerprint density at radius 3 is 2.58 bits per heavy atom. The number of aromatic nitrogens is 1. The van der Waals surface area contributed by atoms with Crippen molar-refractivity contribution in [3.8, 4) is 0 Å².